The number of nitriles is 1. The van der Waals surface area contributed by atoms with E-state index in [1.807, 2.05) is 25.1 Å². The highest BCUT2D eigenvalue weighted by atomic mass is 16.4. The van der Waals surface area contributed by atoms with Crippen LogP contribution in [0.1, 0.15) is 28.8 Å². The predicted molar refractivity (Wildman–Crippen MR) is 80.3 cm³/mol. The van der Waals surface area contributed by atoms with Gasteiger partial charge in [-0.3, -0.25) is 4.79 Å². The van der Waals surface area contributed by atoms with Crippen molar-refractivity contribution >= 4 is 11.9 Å². The Balaban J connectivity index is 2.20. The molecule has 0 aliphatic carbocycles. The molecule has 0 radical (unpaired) electrons. The molecule has 0 aromatic heterocycles. The van der Waals surface area contributed by atoms with Crippen LogP contribution < -0.4 is 0 Å². The van der Waals surface area contributed by atoms with Crippen LogP contribution >= 0.6 is 0 Å². The third kappa shape index (κ3) is 3.26. The summed E-state index contributed by atoms with van der Waals surface area (Å²) in [5.74, 6) is -1.28. The van der Waals surface area contributed by atoms with Gasteiger partial charge in [-0.1, -0.05) is 0 Å². The molecule has 22 heavy (non-hydrogen) atoms. The van der Waals surface area contributed by atoms with Crippen LogP contribution in [-0.4, -0.2) is 59.5 Å². The second-order valence-corrected chi connectivity index (χ2v) is 5.68. The third-order valence-corrected chi connectivity index (χ3v) is 4.11. The number of likely N-dealkylation sites (tertiary alicyclic amines) is 1. The zero-order chi connectivity index (χ0) is 16.3. The second kappa shape index (κ2) is 6.58. The zero-order valence-corrected chi connectivity index (χ0v) is 12.7. The van der Waals surface area contributed by atoms with Gasteiger partial charge in [-0.2, -0.15) is 5.26 Å². The first kappa shape index (κ1) is 16.0. The van der Waals surface area contributed by atoms with E-state index in [9.17, 15) is 14.7 Å². The van der Waals surface area contributed by atoms with Crippen molar-refractivity contribution in [2.75, 3.05) is 20.6 Å². The van der Waals surface area contributed by atoms with E-state index in [2.05, 4.69) is 0 Å². The van der Waals surface area contributed by atoms with E-state index < -0.39 is 12.0 Å². The summed E-state index contributed by atoms with van der Waals surface area (Å²) in [6, 6.07) is 7.60. The fraction of sp³-hybridized carbons (Fsp3) is 0.438. The number of nitrogens with zero attached hydrogens (tertiary/aromatic N) is 3. The zero-order valence-electron chi connectivity index (χ0n) is 12.7. The van der Waals surface area contributed by atoms with Crippen molar-refractivity contribution in [2.24, 2.45) is 0 Å². The average molecular weight is 301 g/mol. The Hall–Kier alpha value is -2.39. The highest BCUT2D eigenvalue weighted by molar-refractivity contribution is 5.96. The molecule has 116 valence electrons. The van der Waals surface area contributed by atoms with Gasteiger partial charge in [-0.15, -0.1) is 0 Å². The molecule has 2 unspecified atom stereocenters. The summed E-state index contributed by atoms with van der Waals surface area (Å²) in [4.78, 5) is 27.5. The molecule has 0 spiro atoms. The highest BCUT2D eigenvalue weighted by Crippen LogP contribution is 2.23. The van der Waals surface area contributed by atoms with E-state index in [0.29, 0.717) is 24.1 Å². The van der Waals surface area contributed by atoms with Crippen LogP contribution in [0.15, 0.2) is 24.3 Å². The largest absolute Gasteiger partial charge is 0.480 e. The first-order valence-electron chi connectivity index (χ1n) is 7.14. The first-order chi connectivity index (χ1) is 10.4. The lowest BCUT2D eigenvalue weighted by atomic mass is 9.95. The molecule has 1 heterocycles. The number of amides is 1. The number of hydrogen-bond donors (Lipinski definition) is 1. The smallest absolute Gasteiger partial charge is 0.326 e. The van der Waals surface area contributed by atoms with Gasteiger partial charge in [-0.05, 0) is 51.2 Å². The molecule has 1 N–H and O–H groups in total. The minimum absolute atomic E-state index is 0.158. The van der Waals surface area contributed by atoms with Gasteiger partial charge in [0.25, 0.3) is 5.91 Å². The van der Waals surface area contributed by atoms with Crippen LogP contribution in [0.5, 0.6) is 0 Å². The summed E-state index contributed by atoms with van der Waals surface area (Å²) < 4.78 is 0. The second-order valence-electron chi connectivity index (χ2n) is 5.68. The summed E-state index contributed by atoms with van der Waals surface area (Å²) in [5, 5.41) is 18.2. The number of carboxylic acids is 1. The summed E-state index contributed by atoms with van der Waals surface area (Å²) in [6.07, 6.45) is 1.17. The number of hydrogen-bond acceptors (Lipinski definition) is 4. The maximum Gasteiger partial charge on any atom is 0.326 e. The normalized spacial score (nSPS) is 21.5. The molecule has 1 saturated heterocycles. The number of aliphatic carboxylic acids is 1. The van der Waals surface area contributed by atoms with E-state index in [4.69, 9.17) is 5.26 Å². The lowest BCUT2D eigenvalue weighted by Crippen LogP contribution is -2.53. The fourth-order valence-corrected chi connectivity index (χ4v) is 2.75. The minimum atomic E-state index is -0.978. The number of benzene rings is 1. The van der Waals surface area contributed by atoms with E-state index >= 15 is 0 Å². The summed E-state index contributed by atoms with van der Waals surface area (Å²) >= 11 is 0. The lowest BCUT2D eigenvalue weighted by molar-refractivity contribution is -0.144. The van der Waals surface area contributed by atoms with Gasteiger partial charge >= 0.3 is 5.97 Å². The molecule has 1 amide bonds. The van der Waals surface area contributed by atoms with Gasteiger partial charge in [-0.25, -0.2) is 4.79 Å². The van der Waals surface area contributed by atoms with Gasteiger partial charge in [0, 0.05) is 18.2 Å². The fourth-order valence-electron chi connectivity index (χ4n) is 2.75. The number of carboxylic acid groups (broad SMARTS) is 1. The molecule has 1 aliphatic rings. The van der Waals surface area contributed by atoms with E-state index in [-0.39, 0.29) is 11.9 Å². The number of carbonyl (C=O) groups excluding carboxylic acids is 1. The molecule has 0 saturated carbocycles. The lowest BCUT2D eigenvalue weighted by Gasteiger charge is -2.39. The molecule has 2 rings (SSSR count). The summed E-state index contributed by atoms with van der Waals surface area (Å²) in [7, 11) is 3.84. The molecule has 0 bridgehead atoms. The van der Waals surface area contributed by atoms with Gasteiger partial charge in [0.1, 0.15) is 6.04 Å². The van der Waals surface area contributed by atoms with E-state index in [1.54, 1.807) is 24.3 Å². The van der Waals surface area contributed by atoms with Crippen molar-refractivity contribution < 1.29 is 14.7 Å². The molecule has 6 heteroatoms. The van der Waals surface area contributed by atoms with Crippen LogP contribution in [0.3, 0.4) is 0 Å². The Labute approximate surface area is 129 Å². The van der Waals surface area contributed by atoms with Gasteiger partial charge < -0.3 is 14.9 Å². The third-order valence-electron chi connectivity index (χ3n) is 4.11. The van der Waals surface area contributed by atoms with Crippen LogP contribution in [0, 0.1) is 11.3 Å². The first-order valence-corrected chi connectivity index (χ1v) is 7.14. The van der Waals surface area contributed by atoms with Crippen LogP contribution in [0.2, 0.25) is 0 Å². The van der Waals surface area contributed by atoms with Gasteiger partial charge in [0.2, 0.25) is 0 Å². The molecular formula is C16H19N3O3. The molecule has 6 nitrogen and oxygen atoms in total. The molecule has 1 aromatic rings. The van der Waals surface area contributed by atoms with Gasteiger partial charge in [0.05, 0.1) is 11.6 Å². The van der Waals surface area contributed by atoms with Crippen LogP contribution in [0.25, 0.3) is 0 Å². The summed E-state index contributed by atoms with van der Waals surface area (Å²) in [5.41, 5.74) is 0.881. The highest BCUT2D eigenvalue weighted by Gasteiger charge is 2.37. The molecule has 2 atom stereocenters. The van der Waals surface area contributed by atoms with Crippen molar-refractivity contribution in [1.29, 1.82) is 5.26 Å². The van der Waals surface area contributed by atoms with Crippen LogP contribution in [0.4, 0.5) is 0 Å². The Kier molecular flexibility index (Phi) is 4.78. The molecule has 1 aliphatic heterocycles. The molecule has 1 aromatic carbocycles. The van der Waals surface area contributed by atoms with E-state index in [1.165, 1.54) is 4.90 Å². The van der Waals surface area contributed by atoms with Crippen molar-refractivity contribution in [3.63, 3.8) is 0 Å². The Morgan fingerprint density at radius 1 is 1.32 bits per heavy atom. The maximum atomic E-state index is 12.6. The predicted octanol–water partition coefficient (Wildman–Crippen LogP) is 1.18. The van der Waals surface area contributed by atoms with Crippen molar-refractivity contribution in [1.82, 2.24) is 9.80 Å². The SMILES string of the molecule is CN(C)C1CCN(C(=O)c2ccc(C#N)cc2)C(C(=O)O)C1. The number of piperidine rings is 1. The molecular weight excluding hydrogens is 282 g/mol. The van der Waals surface area contributed by atoms with Crippen molar-refractivity contribution in [3.05, 3.63) is 35.4 Å². The topological polar surface area (TPSA) is 84.6 Å². The Morgan fingerprint density at radius 2 is 1.95 bits per heavy atom. The number of carbonyl (C=O) groups is 2. The number of rotatable bonds is 3. The summed E-state index contributed by atoms with van der Waals surface area (Å²) in [6.45, 7) is 0.415. The standard InChI is InChI=1S/C16H19N3O3/c1-18(2)13-7-8-19(14(9-13)16(21)22)15(20)12-5-3-11(10-17)4-6-12/h3-6,13-14H,7-9H2,1-2H3,(H,21,22). The van der Waals surface area contributed by atoms with Crippen LogP contribution in [-0.2, 0) is 4.79 Å². The Bertz CT molecular complexity index is 604. The maximum absolute atomic E-state index is 12.6. The van der Waals surface area contributed by atoms with Gasteiger partial charge in [0.15, 0.2) is 0 Å². The average Bonchev–Trinajstić information content (AvgIpc) is 2.53. The minimum Gasteiger partial charge on any atom is -0.480 e. The van der Waals surface area contributed by atoms with Crippen molar-refractivity contribution in [2.45, 2.75) is 24.9 Å². The van der Waals surface area contributed by atoms with Crippen molar-refractivity contribution in [3.8, 4) is 6.07 Å². The Morgan fingerprint density at radius 3 is 2.45 bits per heavy atom. The monoisotopic (exact) mass is 301 g/mol. The quantitative estimate of drug-likeness (QED) is 0.906. The molecule has 1 fully saturated rings. The van der Waals surface area contributed by atoms with E-state index in [0.717, 1.165) is 6.42 Å².